The van der Waals surface area contributed by atoms with Gasteiger partial charge in [-0.2, -0.15) is 0 Å². The number of nitrogens with zero attached hydrogens (tertiary/aromatic N) is 2. The number of aliphatic hydroxyl groups excluding tert-OH is 1. The van der Waals surface area contributed by atoms with E-state index in [1.165, 1.54) is 36.3 Å². The molecule has 0 radical (unpaired) electrons. The minimum absolute atomic E-state index is 0.0707. The molecule has 0 saturated carbocycles. The molecule has 30 heavy (non-hydrogen) atoms. The lowest BCUT2D eigenvalue weighted by Gasteiger charge is -2.28. The van der Waals surface area contributed by atoms with E-state index in [1.807, 2.05) is 0 Å². The van der Waals surface area contributed by atoms with Crippen LogP contribution in [0.4, 0.5) is 4.39 Å². The van der Waals surface area contributed by atoms with Gasteiger partial charge in [0.2, 0.25) is 5.78 Å². The molecule has 1 amide bonds. The molecule has 2 aliphatic rings. The maximum absolute atomic E-state index is 13.0. The lowest BCUT2D eigenvalue weighted by molar-refractivity contribution is -0.128. The fourth-order valence-corrected chi connectivity index (χ4v) is 3.97. The summed E-state index contributed by atoms with van der Waals surface area (Å²) in [5, 5.41) is 10.2. The topological polar surface area (TPSA) is 74.0 Å². The molecule has 7 heteroatoms. The molecule has 2 aliphatic heterocycles. The number of Topliss-reactive ketones (excluding diaryl/α,β-unsaturated/α-hetero) is 1. The third-order valence-corrected chi connectivity index (χ3v) is 5.71. The molecule has 4 rings (SSSR count). The summed E-state index contributed by atoms with van der Waals surface area (Å²) in [4.78, 5) is 29.0. The van der Waals surface area contributed by atoms with Crippen LogP contribution in [0.3, 0.4) is 0 Å². The quantitative estimate of drug-likeness (QED) is 0.706. The lowest BCUT2D eigenvalue weighted by Crippen LogP contribution is -2.39. The fourth-order valence-electron chi connectivity index (χ4n) is 3.97. The first-order valence-corrected chi connectivity index (χ1v) is 10.3. The first-order valence-electron chi connectivity index (χ1n) is 10.3. The summed E-state index contributed by atoms with van der Waals surface area (Å²) in [6.07, 6.45) is 3.99. The molecule has 1 fully saturated rings. The largest absolute Gasteiger partial charge is 0.503 e. The van der Waals surface area contributed by atoms with Crippen molar-refractivity contribution in [3.63, 3.8) is 0 Å². The van der Waals surface area contributed by atoms with Gasteiger partial charge in [0.1, 0.15) is 11.6 Å². The van der Waals surface area contributed by atoms with Crippen LogP contribution in [0, 0.1) is 5.82 Å². The van der Waals surface area contributed by atoms with Gasteiger partial charge < -0.3 is 19.3 Å². The average molecular weight is 412 g/mol. The summed E-state index contributed by atoms with van der Waals surface area (Å²) < 4.78 is 18.7. The number of aliphatic hydroxyl groups is 1. The maximum atomic E-state index is 13.0. The van der Waals surface area contributed by atoms with Crippen molar-refractivity contribution < 1.29 is 23.5 Å². The Morgan fingerprint density at radius 1 is 1.03 bits per heavy atom. The number of hydrogen-bond acceptors (Lipinski definition) is 5. The van der Waals surface area contributed by atoms with Crippen molar-refractivity contribution in [3.05, 3.63) is 70.6 Å². The van der Waals surface area contributed by atoms with E-state index in [0.717, 1.165) is 25.2 Å². The van der Waals surface area contributed by atoms with Crippen molar-refractivity contribution in [2.45, 2.75) is 25.7 Å². The van der Waals surface area contributed by atoms with Gasteiger partial charge >= 0.3 is 0 Å². The minimum Gasteiger partial charge on any atom is -0.503 e. The number of amides is 1. The number of likely N-dealkylation sites (tertiary alicyclic amines) is 1. The Balaban J connectivity index is 1.38. The molecular formula is C23H25FN2O4. The van der Waals surface area contributed by atoms with Crippen LogP contribution in [0.15, 0.2) is 52.1 Å². The monoisotopic (exact) mass is 412 g/mol. The van der Waals surface area contributed by atoms with E-state index in [2.05, 4.69) is 4.90 Å². The first-order chi connectivity index (χ1) is 14.5. The number of rotatable bonds is 7. The van der Waals surface area contributed by atoms with Crippen LogP contribution in [0.5, 0.6) is 0 Å². The smallest absolute Gasteiger partial charge is 0.289 e. The van der Waals surface area contributed by atoms with E-state index in [4.69, 9.17) is 4.42 Å². The van der Waals surface area contributed by atoms with E-state index >= 15 is 0 Å². The third-order valence-electron chi connectivity index (χ3n) is 5.71. The minimum atomic E-state index is -0.506. The normalized spacial score (nSPS) is 17.8. The van der Waals surface area contributed by atoms with E-state index in [0.29, 0.717) is 18.7 Å². The lowest BCUT2D eigenvalue weighted by atomic mass is 10.1. The highest BCUT2D eigenvalue weighted by Gasteiger charge is 2.35. The number of carbonyl (C=O) groups excluding carboxylic acids is 2. The molecule has 1 N–H and O–H groups in total. The van der Waals surface area contributed by atoms with Crippen molar-refractivity contribution in [2.24, 2.45) is 0 Å². The third kappa shape index (κ3) is 4.46. The SMILES string of the molecule is O=C(C1=C(O)C(=O)N(CCN2CCCCC2)C1)c1ccc(Cc2ccc(F)cc2)o1. The van der Waals surface area contributed by atoms with Crippen molar-refractivity contribution in [1.82, 2.24) is 9.80 Å². The Bertz CT molecular complexity index is 958. The molecule has 1 aromatic carbocycles. The number of ketones is 1. The number of benzene rings is 1. The highest BCUT2D eigenvalue weighted by molar-refractivity contribution is 6.14. The van der Waals surface area contributed by atoms with E-state index < -0.39 is 17.4 Å². The Morgan fingerprint density at radius 2 is 1.77 bits per heavy atom. The molecule has 1 saturated heterocycles. The van der Waals surface area contributed by atoms with Crippen LogP contribution in [0.2, 0.25) is 0 Å². The average Bonchev–Trinajstić information content (AvgIpc) is 3.34. The van der Waals surface area contributed by atoms with Crippen LogP contribution in [-0.2, 0) is 11.2 Å². The van der Waals surface area contributed by atoms with Crippen molar-refractivity contribution in [3.8, 4) is 0 Å². The zero-order chi connectivity index (χ0) is 21.1. The van der Waals surface area contributed by atoms with E-state index in [9.17, 15) is 19.1 Å². The molecule has 2 aromatic rings. The highest BCUT2D eigenvalue weighted by Crippen LogP contribution is 2.23. The number of halogens is 1. The van der Waals surface area contributed by atoms with Gasteiger partial charge in [0.05, 0.1) is 12.1 Å². The molecule has 158 valence electrons. The first kappa shape index (κ1) is 20.3. The van der Waals surface area contributed by atoms with Crippen LogP contribution < -0.4 is 0 Å². The van der Waals surface area contributed by atoms with Crippen LogP contribution in [-0.4, -0.2) is 59.3 Å². The summed E-state index contributed by atoms with van der Waals surface area (Å²) in [6, 6.07) is 9.28. The predicted octanol–water partition coefficient (Wildman–Crippen LogP) is 3.33. The summed E-state index contributed by atoms with van der Waals surface area (Å²) in [7, 11) is 0. The van der Waals surface area contributed by atoms with Gasteiger partial charge in [-0.1, -0.05) is 18.6 Å². The molecular weight excluding hydrogens is 387 g/mol. The zero-order valence-electron chi connectivity index (χ0n) is 16.8. The van der Waals surface area contributed by atoms with Crippen LogP contribution in [0.25, 0.3) is 0 Å². The summed E-state index contributed by atoms with van der Waals surface area (Å²) in [5.74, 6) is -1.15. The molecule has 0 unspecified atom stereocenters. The van der Waals surface area contributed by atoms with Gasteiger partial charge in [-0.3, -0.25) is 9.59 Å². The van der Waals surface area contributed by atoms with Crippen molar-refractivity contribution in [1.29, 1.82) is 0 Å². The molecule has 0 bridgehead atoms. The Morgan fingerprint density at radius 3 is 2.50 bits per heavy atom. The number of hydrogen-bond donors (Lipinski definition) is 1. The molecule has 3 heterocycles. The summed E-state index contributed by atoms with van der Waals surface area (Å²) in [5.41, 5.74) is 0.924. The van der Waals surface area contributed by atoms with E-state index in [1.54, 1.807) is 24.3 Å². The van der Waals surface area contributed by atoms with Gasteiger partial charge in [0.25, 0.3) is 5.91 Å². The van der Waals surface area contributed by atoms with Crippen molar-refractivity contribution in [2.75, 3.05) is 32.7 Å². The zero-order valence-corrected chi connectivity index (χ0v) is 16.8. The molecule has 6 nitrogen and oxygen atoms in total. The molecule has 0 atom stereocenters. The molecule has 0 spiro atoms. The van der Waals surface area contributed by atoms with Gasteiger partial charge in [0, 0.05) is 19.5 Å². The second-order valence-corrected chi connectivity index (χ2v) is 7.85. The number of furan rings is 1. The number of piperidine rings is 1. The highest BCUT2D eigenvalue weighted by atomic mass is 19.1. The van der Waals surface area contributed by atoms with Gasteiger partial charge in [0.15, 0.2) is 11.5 Å². The van der Waals surface area contributed by atoms with Crippen LogP contribution in [0.1, 0.15) is 41.1 Å². The summed E-state index contributed by atoms with van der Waals surface area (Å²) in [6.45, 7) is 3.36. The Hall–Kier alpha value is -2.93. The van der Waals surface area contributed by atoms with E-state index in [-0.39, 0.29) is 23.7 Å². The Kier molecular flexibility index (Phi) is 5.99. The van der Waals surface area contributed by atoms with Crippen LogP contribution >= 0.6 is 0 Å². The second-order valence-electron chi connectivity index (χ2n) is 7.85. The number of carbonyl (C=O) groups is 2. The molecule has 1 aromatic heterocycles. The summed E-state index contributed by atoms with van der Waals surface area (Å²) >= 11 is 0. The van der Waals surface area contributed by atoms with Crippen molar-refractivity contribution >= 4 is 11.7 Å². The molecule has 0 aliphatic carbocycles. The Labute approximate surface area is 174 Å². The maximum Gasteiger partial charge on any atom is 0.289 e. The predicted molar refractivity (Wildman–Crippen MR) is 109 cm³/mol. The fraction of sp³-hybridized carbons (Fsp3) is 0.391. The standard InChI is InChI=1S/C23H25FN2O4/c24-17-6-4-16(5-7-17)14-18-8-9-20(30-18)21(27)19-15-26(23(29)22(19)28)13-12-25-10-2-1-3-11-25/h4-9,28H,1-3,10-15H2. The van der Waals surface area contributed by atoms with Gasteiger partial charge in [-0.05, 0) is 55.8 Å². The second kappa shape index (κ2) is 8.83. The van der Waals surface area contributed by atoms with Gasteiger partial charge in [-0.25, -0.2) is 4.39 Å². The van der Waals surface area contributed by atoms with Gasteiger partial charge in [-0.15, -0.1) is 0 Å².